The van der Waals surface area contributed by atoms with E-state index < -0.39 is 14.3 Å². The van der Waals surface area contributed by atoms with Crippen molar-refractivity contribution in [2.45, 2.75) is 13.1 Å². The van der Waals surface area contributed by atoms with Gasteiger partial charge in [0.05, 0.1) is 0 Å². The second-order valence-corrected chi connectivity index (χ2v) is 17.0. The van der Waals surface area contributed by atoms with Crippen molar-refractivity contribution in [2.75, 3.05) is 0 Å². The molecule has 0 aliphatic heterocycles. The van der Waals surface area contributed by atoms with E-state index in [1.54, 1.807) is 0 Å². The van der Waals surface area contributed by atoms with Crippen molar-refractivity contribution in [1.29, 1.82) is 0 Å². The molecule has 47 heavy (non-hydrogen) atoms. The monoisotopic (exact) mass is 649 g/mol. The standard InChI is InChI=1S/C41H35N2O2P2/c44-46(36-19-5-1-6-20-36,37-21-7-2-8-22-37)40-27-15-13-17-34(40)31-42-29-30-43(33-42)32-35-18-14-16-28-41(35)47(45,38-23-9-3-10-24-38)39-25-11-4-12-26-39/h1-30,33H,31-32H2/q+1. The molecule has 0 atom stereocenters. The molecule has 1 heterocycles. The van der Waals surface area contributed by atoms with Crippen LogP contribution in [0.1, 0.15) is 11.1 Å². The number of imidazole rings is 1. The zero-order valence-electron chi connectivity index (χ0n) is 25.9. The Balaban J connectivity index is 1.23. The summed E-state index contributed by atoms with van der Waals surface area (Å²) in [5.74, 6) is 0. The van der Waals surface area contributed by atoms with Gasteiger partial charge in [0.25, 0.3) is 0 Å². The van der Waals surface area contributed by atoms with E-state index in [0.717, 1.165) is 43.0 Å². The number of hydrogen-bond donors (Lipinski definition) is 0. The summed E-state index contributed by atoms with van der Waals surface area (Å²) in [5, 5.41) is 4.96. The minimum Gasteiger partial charge on any atom is -0.309 e. The van der Waals surface area contributed by atoms with E-state index in [1.807, 2.05) is 170 Å². The molecule has 7 rings (SSSR count). The van der Waals surface area contributed by atoms with Crippen molar-refractivity contribution in [1.82, 2.24) is 4.57 Å². The highest BCUT2D eigenvalue weighted by molar-refractivity contribution is 7.85. The first-order valence-electron chi connectivity index (χ1n) is 15.7. The van der Waals surface area contributed by atoms with Crippen LogP contribution in [0, 0.1) is 0 Å². The Morgan fingerprint density at radius 2 is 0.809 bits per heavy atom. The maximum Gasteiger partial charge on any atom is 0.244 e. The highest BCUT2D eigenvalue weighted by Crippen LogP contribution is 2.44. The van der Waals surface area contributed by atoms with Crippen LogP contribution in [0.5, 0.6) is 0 Å². The first-order valence-corrected chi connectivity index (χ1v) is 19.1. The molecule has 0 radical (unpaired) electrons. The average molecular weight is 650 g/mol. The summed E-state index contributed by atoms with van der Waals surface area (Å²) in [6.45, 7) is 1.11. The topological polar surface area (TPSA) is 43.0 Å². The number of rotatable bonds is 10. The molecule has 0 aliphatic rings. The molecule has 4 nitrogen and oxygen atoms in total. The Hall–Kier alpha value is -5.01. The van der Waals surface area contributed by atoms with Crippen molar-refractivity contribution in [3.05, 3.63) is 200 Å². The minimum atomic E-state index is -3.13. The van der Waals surface area contributed by atoms with E-state index in [2.05, 4.69) is 27.6 Å². The van der Waals surface area contributed by atoms with E-state index in [0.29, 0.717) is 13.1 Å². The van der Waals surface area contributed by atoms with Crippen LogP contribution in [0.3, 0.4) is 0 Å². The van der Waals surface area contributed by atoms with Gasteiger partial charge in [-0.15, -0.1) is 0 Å². The zero-order chi connectivity index (χ0) is 32.1. The van der Waals surface area contributed by atoms with E-state index in [-0.39, 0.29) is 0 Å². The van der Waals surface area contributed by atoms with Crippen LogP contribution in [0.4, 0.5) is 0 Å². The Bertz CT molecular complexity index is 1960. The van der Waals surface area contributed by atoms with Gasteiger partial charge >= 0.3 is 0 Å². The summed E-state index contributed by atoms with van der Waals surface area (Å²) in [6, 6.07) is 55.3. The fourth-order valence-corrected chi connectivity index (χ4v) is 12.1. The molecule has 0 spiro atoms. The van der Waals surface area contributed by atoms with Crippen molar-refractivity contribution in [3.63, 3.8) is 0 Å². The summed E-state index contributed by atoms with van der Waals surface area (Å²) < 4.78 is 34.6. The van der Waals surface area contributed by atoms with E-state index in [1.165, 1.54) is 0 Å². The Kier molecular flexibility index (Phi) is 8.72. The zero-order valence-corrected chi connectivity index (χ0v) is 27.7. The number of hydrogen-bond acceptors (Lipinski definition) is 2. The molecule has 0 amide bonds. The molecule has 7 aromatic rings. The van der Waals surface area contributed by atoms with Crippen LogP contribution >= 0.6 is 14.3 Å². The molecular weight excluding hydrogens is 614 g/mol. The predicted molar refractivity (Wildman–Crippen MR) is 194 cm³/mol. The van der Waals surface area contributed by atoms with E-state index in [4.69, 9.17) is 0 Å². The second-order valence-electron chi connectivity index (χ2n) is 11.6. The lowest BCUT2D eigenvalue weighted by atomic mass is 10.2. The van der Waals surface area contributed by atoms with Crippen molar-refractivity contribution >= 4 is 46.1 Å². The predicted octanol–water partition coefficient (Wildman–Crippen LogP) is 6.15. The van der Waals surface area contributed by atoms with Crippen LogP contribution < -0.4 is 36.4 Å². The molecule has 0 N–H and O–H groups in total. The molecule has 0 unspecified atom stereocenters. The smallest absolute Gasteiger partial charge is 0.244 e. The van der Waals surface area contributed by atoms with Gasteiger partial charge in [0.1, 0.15) is 25.5 Å². The van der Waals surface area contributed by atoms with Gasteiger partial charge in [0.2, 0.25) is 6.33 Å². The van der Waals surface area contributed by atoms with Gasteiger partial charge < -0.3 is 9.13 Å². The van der Waals surface area contributed by atoms with Crippen molar-refractivity contribution in [3.8, 4) is 0 Å². The Morgan fingerprint density at radius 3 is 1.26 bits per heavy atom. The SMILES string of the molecule is O=P(c1ccccc1)(c1ccccc1)c1ccccc1Cn1cc[n+](Cc2ccccc2P(=O)(c2ccccc2)c2ccccc2)c1. The Labute approximate surface area is 276 Å². The van der Waals surface area contributed by atoms with Gasteiger partial charge in [-0.3, -0.25) is 0 Å². The molecule has 0 saturated carbocycles. The molecule has 6 aromatic carbocycles. The normalized spacial score (nSPS) is 11.7. The average Bonchev–Trinajstić information content (AvgIpc) is 3.59. The van der Waals surface area contributed by atoms with Gasteiger partial charge in [-0.25, -0.2) is 9.13 Å². The van der Waals surface area contributed by atoms with Crippen LogP contribution in [-0.2, 0) is 22.2 Å². The van der Waals surface area contributed by atoms with Crippen molar-refractivity contribution < 1.29 is 13.7 Å². The van der Waals surface area contributed by atoms with Crippen LogP contribution in [0.15, 0.2) is 189 Å². The largest absolute Gasteiger partial charge is 0.309 e. The van der Waals surface area contributed by atoms with Crippen LogP contribution in [-0.4, -0.2) is 4.57 Å². The first-order chi connectivity index (χ1) is 23.1. The van der Waals surface area contributed by atoms with Gasteiger partial charge in [-0.05, 0) is 0 Å². The molecular formula is C41H35N2O2P2+. The fraction of sp³-hybridized carbons (Fsp3) is 0.0488. The van der Waals surface area contributed by atoms with E-state index >= 15 is 9.13 Å². The summed E-state index contributed by atoms with van der Waals surface area (Å²) in [6.07, 6.45) is 6.16. The van der Waals surface area contributed by atoms with Crippen LogP contribution in [0.25, 0.3) is 0 Å². The summed E-state index contributed by atoms with van der Waals surface area (Å²) in [7, 11) is -6.27. The molecule has 0 fully saturated rings. The van der Waals surface area contributed by atoms with Gasteiger partial charge in [-0.1, -0.05) is 170 Å². The summed E-state index contributed by atoms with van der Waals surface area (Å²) in [5.41, 5.74) is 2.01. The molecule has 0 aliphatic carbocycles. The van der Waals surface area contributed by atoms with Crippen molar-refractivity contribution in [2.24, 2.45) is 0 Å². The third-order valence-electron chi connectivity index (χ3n) is 8.59. The molecule has 230 valence electrons. The number of nitrogens with zero attached hydrogens (tertiary/aromatic N) is 2. The lowest BCUT2D eigenvalue weighted by Gasteiger charge is -2.22. The lowest BCUT2D eigenvalue weighted by molar-refractivity contribution is -0.687. The summed E-state index contributed by atoms with van der Waals surface area (Å²) in [4.78, 5) is 0. The number of aromatic nitrogens is 2. The fourth-order valence-electron chi connectivity index (χ4n) is 6.33. The number of benzene rings is 6. The first kappa shape index (κ1) is 30.6. The maximum atomic E-state index is 15.2. The van der Waals surface area contributed by atoms with Gasteiger partial charge in [-0.2, -0.15) is 0 Å². The molecule has 1 aromatic heterocycles. The third kappa shape index (κ3) is 5.99. The quantitative estimate of drug-likeness (QED) is 0.132. The van der Waals surface area contributed by atoms with Crippen LogP contribution in [0.2, 0.25) is 0 Å². The molecule has 6 heteroatoms. The highest BCUT2D eigenvalue weighted by Gasteiger charge is 2.33. The molecule has 0 saturated heterocycles. The van der Waals surface area contributed by atoms with Gasteiger partial charge in [0, 0.05) is 43.0 Å². The second kappa shape index (κ2) is 13.4. The highest BCUT2D eigenvalue weighted by atomic mass is 31.2. The minimum absolute atomic E-state index is 0.557. The van der Waals surface area contributed by atoms with Gasteiger partial charge in [0.15, 0.2) is 14.3 Å². The summed E-state index contributed by atoms with van der Waals surface area (Å²) >= 11 is 0. The Morgan fingerprint density at radius 1 is 0.447 bits per heavy atom. The maximum absolute atomic E-state index is 15.2. The van der Waals surface area contributed by atoms with E-state index in [9.17, 15) is 0 Å². The molecule has 0 bridgehead atoms. The third-order valence-corrected chi connectivity index (χ3v) is 14.9. The lowest BCUT2D eigenvalue weighted by Crippen LogP contribution is -2.36.